The van der Waals surface area contributed by atoms with Gasteiger partial charge in [0.2, 0.25) is 5.82 Å². The molecule has 1 heterocycles. The molecule has 2 N–H and O–H groups in total. The van der Waals surface area contributed by atoms with Crippen molar-refractivity contribution >= 4 is 22.8 Å². The summed E-state index contributed by atoms with van der Waals surface area (Å²) in [5.74, 6) is -10.2. The molecule has 0 aliphatic heterocycles. The van der Waals surface area contributed by atoms with E-state index in [0.717, 1.165) is 22.2 Å². The summed E-state index contributed by atoms with van der Waals surface area (Å²) in [6.07, 6.45) is 1.26. The zero-order chi connectivity index (χ0) is 18.3. The van der Waals surface area contributed by atoms with Crippen LogP contribution in [0, 0.1) is 42.9 Å². The Morgan fingerprint density at radius 2 is 1.52 bits per heavy atom. The first-order chi connectivity index (χ1) is 11.8. The molecule has 0 bridgehead atoms. The number of aromatic nitrogens is 1. The summed E-state index contributed by atoms with van der Waals surface area (Å²) < 4.78 is 66.5. The summed E-state index contributed by atoms with van der Waals surface area (Å²) in [5.41, 5.74) is 3.89. The fourth-order valence-corrected chi connectivity index (χ4v) is 2.49. The lowest BCUT2D eigenvalue weighted by Crippen LogP contribution is -2.06. The number of H-pyrrole nitrogens is 1. The molecule has 0 saturated heterocycles. The Hall–Kier alpha value is -2.90. The van der Waals surface area contributed by atoms with E-state index >= 15 is 0 Å². The SMILES string of the molecule is Cc1ccc2[nH]c(C)c(/C=N/Nc3c(F)c(F)c(F)c(F)c3F)c2c1. The monoisotopic (exact) mass is 353 g/mol. The standard InChI is InChI=1S/C17H12F5N3/c1-7-3-4-11-9(5-7)10(8(2)24-11)6-23-25-17-15(21)13(19)12(18)14(20)16(17)22/h3-6,24-25H,1-2H3/b23-6+. The van der Waals surface area contributed by atoms with Gasteiger partial charge in [0.05, 0.1) is 6.21 Å². The van der Waals surface area contributed by atoms with Crippen molar-refractivity contribution in [2.75, 3.05) is 5.43 Å². The van der Waals surface area contributed by atoms with E-state index in [0.29, 0.717) is 5.56 Å². The smallest absolute Gasteiger partial charge is 0.200 e. The lowest BCUT2D eigenvalue weighted by molar-refractivity contribution is 0.381. The predicted octanol–water partition coefficient (Wildman–Crippen LogP) is 4.93. The van der Waals surface area contributed by atoms with Gasteiger partial charge in [-0.05, 0) is 26.0 Å². The quantitative estimate of drug-likeness (QED) is 0.226. The van der Waals surface area contributed by atoms with Gasteiger partial charge in [-0.2, -0.15) is 5.10 Å². The molecule has 2 aromatic carbocycles. The first-order valence-corrected chi connectivity index (χ1v) is 7.20. The van der Waals surface area contributed by atoms with Crippen molar-refractivity contribution in [1.29, 1.82) is 0 Å². The Balaban J connectivity index is 1.98. The van der Waals surface area contributed by atoms with Crippen molar-refractivity contribution in [2.45, 2.75) is 13.8 Å². The Labute approximate surface area is 139 Å². The van der Waals surface area contributed by atoms with Gasteiger partial charge in [-0.25, -0.2) is 22.0 Å². The number of hydrogen-bond donors (Lipinski definition) is 2. The Morgan fingerprint density at radius 3 is 2.16 bits per heavy atom. The molecule has 0 aliphatic rings. The molecule has 0 radical (unpaired) electrons. The largest absolute Gasteiger partial charge is 0.358 e. The first-order valence-electron chi connectivity index (χ1n) is 7.20. The van der Waals surface area contributed by atoms with Gasteiger partial charge in [-0.15, -0.1) is 0 Å². The third kappa shape index (κ3) is 2.84. The Bertz CT molecular complexity index is 978. The van der Waals surface area contributed by atoms with E-state index in [9.17, 15) is 22.0 Å². The summed E-state index contributed by atoms with van der Waals surface area (Å²) in [6.45, 7) is 3.67. The first kappa shape index (κ1) is 16.9. The van der Waals surface area contributed by atoms with E-state index < -0.39 is 34.8 Å². The zero-order valence-electron chi connectivity index (χ0n) is 13.1. The summed E-state index contributed by atoms with van der Waals surface area (Å²) in [7, 11) is 0. The van der Waals surface area contributed by atoms with Crippen molar-refractivity contribution in [1.82, 2.24) is 4.98 Å². The summed E-state index contributed by atoms with van der Waals surface area (Å²) in [5, 5.41) is 4.45. The van der Waals surface area contributed by atoms with E-state index in [1.807, 2.05) is 30.5 Å². The average Bonchev–Trinajstić information content (AvgIpc) is 2.89. The lowest BCUT2D eigenvalue weighted by atomic mass is 10.1. The molecular weight excluding hydrogens is 341 g/mol. The molecule has 0 unspecified atom stereocenters. The molecule has 1 aromatic heterocycles. The third-order valence-corrected chi connectivity index (χ3v) is 3.77. The number of hydrogen-bond acceptors (Lipinski definition) is 2. The highest BCUT2D eigenvalue weighted by Gasteiger charge is 2.25. The highest BCUT2D eigenvalue weighted by atomic mass is 19.2. The van der Waals surface area contributed by atoms with Gasteiger partial charge < -0.3 is 4.98 Å². The van der Waals surface area contributed by atoms with Crippen LogP contribution in [0.3, 0.4) is 0 Å². The topological polar surface area (TPSA) is 40.2 Å². The van der Waals surface area contributed by atoms with E-state index in [-0.39, 0.29) is 0 Å². The van der Waals surface area contributed by atoms with E-state index in [1.54, 1.807) is 6.92 Å². The van der Waals surface area contributed by atoms with Crippen LogP contribution < -0.4 is 5.43 Å². The Morgan fingerprint density at radius 1 is 0.920 bits per heavy atom. The molecule has 3 aromatic rings. The molecule has 8 heteroatoms. The van der Waals surface area contributed by atoms with Crippen LogP contribution in [-0.4, -0.2) is 11.2 Å². The maximum absolute atomic E-state index is 13.6. The van der Waals surface area contributed by atoms with Crippen molar-refractivity contribution in [2.24, 2.45) is 5.10 Å². The van der Waals surface area contributed by atoms with Crippen LogP contribution in [0.25, 0.3) is 10.9 Å². The second-order valence-electron chi connectivity index (χ2n) is 5.53. The molecule has 0 atom stereocenters. The highest BCUT2D eigenvalue weighted by Crippen LogP contribution is 2.27. The second kappa shape index (κ2) is 6.19. The number of rotatable bonds is 3. The van der Waals surface area contributed by atoms with Crippen molar-refractivity contribution in [3.05, 3.63) is 64.1 Å². The van der Waals surface area contributed by atoms with Gasteiger partial charge in [0.1, 0.15) is 5.69 Å². The van der Waals surface area contributed by atoms with E-state index in [2.05, 4.69) is 10.1 Å². The molecule has 3 rings (SSSR count). The van der Waals surface area contributed by atoms with E-state index in [4.69, 9.17) is 0 Å². The molecule has 130 valence electrons. The predicted molar refractivity (Wildman–Crippen MR) is 85.2 cm³/mol. The maximum atomic E-state index is 13.6. The van der Waals surface area contributed by atoms with Crippen LogP contribution in [0.1, 0.15) is 16.8 Å². The minimum atomic E-state index is -2.22. The van der Waals surface area contributed by atoms with Crippen molar-refractivity contribution < 1.29 is 22.0 Å². The molecule has 0 aliphatic carbocycles. The summed E-state index contributed by atoms with van der Waals surface area (Å²) in [4.78, 5) is 3.11. The Kier molecular flexibility index (Phi) is 4.20. The van der Waals surface area contributed by atoms with Crippen LogP contribution in [0.5, 0.6) is 0 Å². The average molecular weight is 353 g/mol. The minimum absolute atomic E-state index is 0.634. The minimum Gasteiger partial charge on any atom is -0.358 e. The number of nitrogens with one attached hydrogen (secondary N) is 2. The van der Waals surface area contributed by atoms with Crippen LogP contribution >= 0.6 is 0 Å². The second-order valence-corrected chi connectivity index (χ2v) is 5.53. The number of hydrazone groups is 1. The number of aromatic amines is 1. The molecule has 0 amide bonds. The molecular formula is C17H12F5N3. The van der Waals surface area contributed by atoms with Crippen LogP contribution in [0.15, 0.2) is 23.3 Å². The van der Waals surface area contributed by atoms with Gasteiger partial charge in [-0.3, -0.25) is 5.43 Å². The number of halogens is 5. The number of anilines is 1. The number of fused-ring (bicyclic) bond motifs is 1. The third-order valence-electron chi connectivity index (χ3n) is 3.77. The highest BCUT2D eigenvalue weighted by molar-refractivity contribution is 6.01. The van der Waals surface area contributed by atoms with Crippen molar-refractivity contribution in [3.8, 4) is 0 Å². The van der Waals surface area contributed by atoms with Crippen LogP contribution in [0.4, 0.5) is 27.6 Å². The van der Waals surface area contributed by atoms with Gasteiger partial charge in [0.15, 0.2) is 23.3 Å². The number of aryl methyl sites for hydroxylation is 2. The molecule has 25 heavy (non-hydrogen) atoms. The summed E-state index contributed by atoms with van der Waals surface area (Å²) in [6, 6.07) is 5.66. The van der Waals surface area contributed by atoms with Crippen LogP contribution in [-0.2, 0) is 0 Å². The van der Waals surface area contributed by atoms with Crippen molar-refractivity contribution in [3.63, 3.8) is 0 Å². The lowest BCUT2D eigenvalue weighted by Gasteiger charge is -2.07. The fraction of sp³-hybridized carbons (Fsp3) is 0.118. The van der Waals surface area contributed by atoms with Crippen LogP contribution in [0.2, 0.25) is 0 Å². The van der Waals surface area contributed by atoms with E-state index in [1.165, 1.54) is 6.21 Å². The normalized spacial score (nSPS) is 11.6. The summed E-state index contributed by atoms with van der Waals surface area (Å²) >= 11 is 0. The van der Waals surface area contributed by atoms with Gasteiger partial charge in [0, 0.05) is 22.2 Å². The molecule has 0 saturated carbocycles. The molecule has 3 nitrogen and oxygen atoms in total. The zero-order valence-corrected chi connectivity index (χ0v) is 13.1. The van der Waals surface area contributed by atoms with Gasteiger partial charge in [-0.1, -0.05) is 11.6 Å². The molecule has 0 fully saturated rings. The number of benzene rings is 2. The number of nitrogens with zero attached hydrogens (tertiary/aromatic N) is 1. The maximum Gasteiger partial charge on any atom is 0.200 e. The molecule has 0 spiro atoms. The fourth-order valence-electron chi connectivity index (χ4n) is 2.49. The van der Waals surface area contributed by atoms with Gasteiger partial charge >= 0.3 is 0 Å². The van der Waals surface area contributed by atoms with Gasteiger partial charge in [0.25, 0.3) is 0 Å².